The van der Waals surface area contributed by atoms with Crippen molar-refractivity contribution in [1.82, 2.24) is 9.88 Å². The van der Waals surface area contributed by atoms with E-state index >= 15 is 0 Å². The molecule has 2 aromatic rings. The quantitative estimate of drug-likeness (QED) is 0.917. The van der Waals surface area contributed by atoms with Crippen molar-refractivity contribution in [2.75, 3.05) is 13.2 Å². The molecule has 2 heterocycles. The van der Waals surface area contributed by atoms with E-state index in [0.717, 1.165) is 11.9 Å². The number of hydrogen-bond donors (Lipinski definition) is 1. The summed E-state index contributed by atoms with van der Waals surface area (Å²) >= 11 is 0. The van der Waals surface area contributed by atoms with E-state index in [1.165, 1.54) is 16.6 Å². The zero-order valence-electron chi connectivity index (χ0n) is 10.8. The largest absolute Gasteiger partial charge is 0.447 e. The second kappa shape index (κ2) is 4.80. The van der Waals surface area contributed by atoms with Crippen LogP contribution in [0.3, 0.4) is 0 Å². The molecule has 98 valence electrons. The van der Waals surface area contributed by atoms with Gasteiger partial charge in [-0.05, 0) is 18.6 Å². The fraction of sp³-hybridized carbons (Fsp3) is 0.267. The lowest BCUT2D eigenvalue weighted by molar-refractivity contribution is 0.166. The molecule has 3 rings (SSSR count). The number of aryl methyl sites for hydroxylation is 1. The van der Waals surface area contributed by atoms with Gasteiger partial charge in [0.25, 0.3) is 0 Å². The van der Waals surface area contributed by atoms with Gasteiger partial charge in [0.15, 0.2) is 0 Å². The number of rotatable bonds is 3. The van der Waals surface area contributed by atoms with Crippen molar-refractivity contribution < 1.29 is 9.53 Å². The van der Waals surface area contributed by atoms with Crippen LogP contribution in [0.4, 0.5) is 4.79 Å². The first-order chi connectivity index (χ1) is 9.25. The summed E-state index contributed by atoms with van der Waals surface area (Å²) in [5, 5.41) is 1.26. The lowest BCUT2D eigenvalue weighted by atomic mass is 10.1. The van der Waals surface area contributed by atoms with Gasteiger partial charge in [-0.1, -0.05) is 24.3 Å². The van der Waals surface area contributed by atoms with Crippen molar-refractivity contribution >= 4 is 17.0 Å². The third-order valence-electron chi connectivity index (χ3n) is 3.47. The second-order valence-corrected chi connectivity index (χ2v) is 4.67. The highest BCUT2D eigenvalue weighted by Gasteiger charge is 2.18. The Kier molecular flexibility index (Phi) is 2.99. The number of amides is 1. The minimum absolute atomic E-state index is 0.260. The summed E-state index contributed by atoms with van der Waals surface area (Å²) in [4.78, 5) is 16.3. The fourth-order valence-corrected chi connectivity index (χ4v) is 2.38. The SMILES string of the molecule is Cc1c(C/C=C/N2CCOC2=O)[nH]c2ccccc12. The molecular formula is C15H16N2O2. The number of nitrogens with zero attached hydrogens (tertiary/aromatic N) is 1. The van der Waals surface area contributed by atoms with E-state index in [4.69, 9.17) is 4.74 Å². The first-order valence-corrected chi connectivity index (χ1v) is 6.42. The van der Waals surface area contributed by atoms with E-state index in [1.54, 1.807) is 11.1 Å². The average Bonchev–Trinajstić information content (AvgIpc) is 2.96. The smallest absolute Gasteiger partial charge is 0.413 e. The van der Waals surface area contributed by atoms with E-state index in [9.17, 15) is 4.79 Å². The monoisotopic (exact) mass is 256 g/mol. The fourth-order valence-electron chi connectivity index (χ4n) is 2.38. The van der Waals surface area contributed by atoms with Crippen LogP contribution in [0.5, 0.6) is 0 Å². The maximum Gasteiger partial charge on any atom is 0.413 e. The molecule has 0 spiro atoms. The molecule has 0 bridgehead atoms. The van der Waals surface area contributed by atoms with E-state index in [1.807, 2.05) is 18.2 Å². The highest BCUT2D eigenvalue weighted by atomic mass is 16.6. The zero-order chi connectivity index (χ0) is 13.2. The van der Waals surface area contributed by atoms with Gasteiger partial charge < -0.3 is 9.72 Å². The molecule has 4 nitrogen and oxygen atoms in total. The minimum atomic E-state index is -0.260. The Hall–Kier alpha value is -2.23. The molecule has 1 N–H and O–H groups in total. The lowest BCUT2D eigenvalue weighted by Crippen LogP contribution is -2.16. The molecule has 1 amide bonds. The molecular weight excluding hydrogens is 240 g/mol. The van der Waals surface area contributed by atoms with Crippen molar-refractivity contribution in [1.29, 1.82) is 0 Å². The Balaban J connectivity index is 1.76. The number of aromatic nitrogens is 1. The van der Waals surface area contributed by atoms with Gasteiger partial charge in [-0.2, -0.15) is 0 Å². The summed E-state index contributed by atoms with van der Waals surface area (Å²) in [5.74, 6) is 0. The van der Waals surface area contributed by atoms with Gasteiger partial charge in [0.2, 0.25) is 0 Å². The molecule has 1 aromatic heterocycles. The number of cyclic esters (lactones) is 1. The summed E-state index contributed by atoms with van der Waals surface area (Å²) in [7, 11) is 0. The molecule has 1 fully saturated rings. The van der Waals surface area contributed by atoms with Crippen molar-refractivity contribution in [2.45, 2.75) is 13.3 Å². The lowest BCUT2D eigenvalue weighted by Gasteiger charge is -2.04. The van der Waals surface area contributed by atoms with Crippen molar-refractivity contribution in [3.05, 3.63) is 47.8 Å². The van der Waals surface area contributed by atoms with Gasteiger partial charge in [-0.25, -0.2) is 4.79 Å². The number of aromatic amines is 1. The molecule has 19 heavy (non-hydrogen) atoms. The Morgan fingerprint density at radius 2 is 2.26 bits per heavy atom. The van der Waals surface area contributed by atoms with Gasteiger partial charge in [0, 0.05) is 29.2 Å². The number of allylic oxidation sites excluding steroid dienone is 1. The molecule has 0 saturated carbocycles. The van der Waals surface area contributed by atoms with Crippen molar-refractivity contribution in [3.63, 3.8) is 0 Å². The highest BCUT2D eigenvalue weighted by Crippen LogP contribution is 2.21. The number of benzene rings is 1. The number of hydrogen-bond acceptors (Lipinski definition) is 2. The van der Waals surface area contributed by atoms with Crippen LogP contribution < -0.4 is 0 Å². The summed E-state index contributed by atoms with van der Waals surface area (Å²) in [6.45, 7) is 3.24. The molecule has 1 aromatic carbocycles. The van der Waals surface area contributed by atoms with Crippen LogP contribution in [0.1, 0.15) is 11.3 Å². The van der Waals surface area contributed by atoms with Crippen LogP contribution in [0, 0.1) is 6.92 Å². The first-order valence-electron chi connectivity index (χ1n) is 6.42. The summed E-state index contributed by atoms with van der Waals surface area (Å²) < 4.78 is 4.87. The third-order valence-corrected chi connectivity index (χ3v) is 3.47. The van der Waals surface area contributed by atoms with Crippen LogP contribution >= 0.6 is 0 Å². The zero-order valence-corrected chi connectivity index (χ0v) is 10.8. The van der Waals surface area contributed by atoms with Crippen LogP contribution in [0.2, 0.25) is 0 Å². The molecule has 0 atom stereocenters. The topological polar surface area (TPSA) is 45.3 Å². The second-order valence-electron chi connectivity index (χ2n) is 4.67. The van der Waals surface area contributed by atoms with Crippen LogP contribution in [0.15, 0.2) is 36.5 Å². The summed E-state index contributed by atoms with van der Waals surface area (Å²) in [6, 6.07) is 8.26. The van der Waals surface area contributed by atoms with Crippen LogP contribution in [-0.2, 0) is 11.2 Å². The molecule has 1 aliphatic rings. The van der Waals surface area contributed by atoms with Crippen molar-refractivity contribution in [3.8, 4) is 0 Å². The predicted molar refractivity (Wildman–Crippen MR) is 73.9 cm³/mol. The molecule has 0 radical (unpaired) electrons. The number of nitrogens with one attached hydrogen (secondary N) is 1. The molecule has 0 aliphatic carbocycles. The Morgan fingerprint density at radius 3 is 3.00 bits per heavy atom. The number of H-pyrrole nitrogens is 1. The van der Waals surface area contributed by atoms with Gasteiger partial charge in [0.1, 0.15) is 6.61 Å². The van der Waals surface area contributed by atoms with E-state index in [2.05, 4.69) is 24.0 Å². The average molecular weight is 256 g/mol. The minimum Gasteiger partial charge on any atom is -0.447 e. The third kappa shape index (κ3) is 2.21. The Labute approximate surface area is 111 Å². The van der Waals surface area contributed by atoms with E-state index in [-0.39, 0.29) is 6.09 Å². The number of para-hydroxylation sites is 1. The summed E-state index contributed by atoms with van der Waals surface area (Å²) in [5.41, 5.74) is 3.61. The predicted octanol–water partition coefficient (Wildman–Crippen LogP) is 2.98. The van der Waals surface area contributed by atoms with Gasteiger partial charge >= 0.3 is 6.09 Å². The normalized spacial score (nSPS) is 15.6. The highest BCUT2D eigenvalue weighted by molar-refractivity contribution is 5.84. The molecule has 0 unspecified atom stereocenters. The number of carbonyl (C=O) groups is 1. The molecule has 4 heteroatoms. The van der Waals surface area contributed by atoms with Gasteiger partial charge in [-0.15, -0.1) is 0 Å². The Bertz CT molecular complexity index is 643. The number of fused-ring (bicyclic) bond motifs is 1. The van der Waals surface area contributed by atoms with E-state index in [0.29, 0.717) is 13.2 Å². The number of carbonyl (C=O) groups excluding carboxylic acids is 1. The van der Waals surface area contributed by atoms with Crippen LogP contribution in [0.25, 0.3) is 10.9 Å². The standard InChI is InChI=1S/C15H16N2O2/c1-11-12-5-2-3-6-14(12)16-13(11)7-4-8-17-9-10-19-15(17)18/h2-6,8,16H,7,9-10H2,1H3/b8-4+. The molecule has 1 saturated heterocycles. The first kappa shape index (κ1) is 11.8. The summed E-state index contributed by atoms with van der Waals surface area (Å²) in [6.07, 6.45) is 4.32. The maximum atomic E-state index is 11.3. The number of ether oxygens (including phenoxy) is 1. The maximum absolute atomic E-state index is 11.3. The van der Waals surface area contributed by atoms with E-state index < -0.39 is 0 Å². The Morgan fingerprint density at radius 1 is 1.42 bits per heavy atom. The van der Waals surface area contributed by atoms with Crippen LogP contribution in [-0.4, -0.2) is 29.1 Å². The molecule has 1 aliphatic heterocycles. The van der Waals surface area contributed by atoms with Gasteiger partial charge in [0.05, 0.1) is 6.54 Å². The van der Waals surface area contributed by atoms with Gasteiger partial charge in [-0.3, -0.25) is 4.90 Å². The van der Waals surface area contributed by atoms with Crippen molar-refractivity contribution in [2.24, 2.45) is 0 Å².